The zero-order valence-corrected chi connectivity index (χ0v) is 12.0. The number of phosphoric ester groups is 1. The summed E-state index contributed by atoms with van der Waals surface area (Å²) in [5.41, 5.74) is 0.914. The van der Waals surface area contributed by atoms with E-state index in [2.05, 4.69) is 4.52 Å². The molecule has 1 heterocycles. The molecule has 0 aliphatic rings. The molecule has 1 aromatic carbocycles. The number of nitrogens with zero attached hydrogens (tertiary/aromatic N) is 1. The predicted molar refractivity (Wildman–Crippen MR) is 74.1 cm³/mol. The summed E-state index contributed by atoms with van der Waals surface area (Å²) in [6.07, 6.45) is 1.43. The summed E-state index contributed by atoms with van der Waals surface area (Å²) >= 11 is 1.38. The fraction of sp³-hybridized carbons (Fsp3) is 0.0833. The molecule has 2 rings (SSSR count). The highest BCUT2D eigenvalue weighted by Gasteiger charge is 2.15. The number of rotatable bonds is 5. The first-order valence-electron chi connectivity index (χ1n) is 5.59. The van der Waals surface area contributed by atoms with E-state index >= 15 is 0 Å². The molecule has 0 saturated heterocycles. The van der Waals surface area contributed by atoms with Gasteiger partial charge in [-0.3, -0.25) is 9.79 Å². The molecule has 106 valence electrons. The number of phosphoric acid groups is 1. The molecular weight excluding hydrogens is 301 g/mol. The Morgan fingerprint density at radius 1 is 1.20 bits per heavy atom. The van der Waals surface area contributed by atoms with Gasteiger partial charge in [-0.1, -0.05) is 23.9 Å². The maximum absolute atomic E-state index is 11.4. The molecule has 8 heteroatoms. The molecule has 0 amide bonds. The molecule has 0 aliphatic heterocycles. The SMILES string of the molecule is O=P(O)(O)Oc1ccc(CSc2cccc[n+]2[O-])cc1. The number of thioether (sulfide) groups is 1. The van der Waals surface area contributed by atoms with Gasteiger partial charge in [-0.15, -0.1) is 0 Å². The summed E-state index contributed by atoms with van der Waals surface area (Å²) in [5, 5.41) is 12.0. The van der Waals surface area contributed by atoms with Crippen molar-refractivity contribution in [2.75, 3.05) is 0 Å². The van der Waals surface area contributed by atoms with Crippen LogP contribution in [0.5, 0.6) is 5.75 Å². The van der Waals surface area contributed by atoms with Gasteiger partial charge in [0.25, 0.3) is 5.03 Å². The molecule has 2 N–H and O–H groups in total. The topological polar surface area (TPSA) is 93.7 Å². The fourth-order valence-corrected chi connectivity index (χ4v) is 2.73. The lowest BCUT2D eigenvalue weighted by molar-refractivity contribution is -0.645. The molecule has 0 bridgehead atoms. The van der Waals surface area contributed by atoms with E-state index in [9.17, 15) is 9.77 Å². The lowest BCUT2D eigenvalue weighted by atomic mass is 10.2. The normalized spacial score (nSPS) is 11.3. The number of benzene rings is 1. The van der Waals surface area contributed by atoms with Crippen molar-refractivity contribution in [3.05, 3.63) is 59.4 Å². The van der Waals surface area contributed by atoms with Gasteiger partial charge in [-0.25, -0.2) is 4.57 Å². The van der Waals surface area contributed by atoms with E-state index in [1.807, 2.05) is 0 Å². The largest absolute Gasteiger partial charge is 0.618 e. The van der Waals surface area contributed by atoms with Gasteiger partial charge < -0.3 is 9.73 Å². The van der Waals surface area contributed by atoms with E-state index in [1.165, 1.54) is 30.1 Å². The summed E-state index contributed by atoms with van der Waals surface area (Å²) in [5.74, 6) is 0.674. The van der Waals surface area contributed by atoms with Crippen LogP contribution in [0.15, 0.2) is 53.7 Å². The first kappa shape index (κ1) is 14.9. The van der Waals surface area contributed by atoms with Crippen molar-refractivity contribution < 1.29 is 23.6 Å². The minimum Gasteiger partial charge on any atom is -0.618 e. The fourth-order valence-electron chi connectivity index (χ4n) is 1.47. The van der Waals surface area contributed by atoms with Gasteiger partial charge in [-0.05, 0) is 23.8 Å². The molecule has 0 spiro atoms. The number of pyridine rings is 1. The Kier molecular flexibility index (Phi) is 4.67. The van der Waals surface area contributed by atoms with Crippen LogP contribution in [0.25, 0.3) is 0 Å². The Morgan fingerprint density at radius 3 is 2.50 bits per heavy atom. The molecule has 20 heavy (non-hydrogen) atoms. The standard InChI is InChI=1S/C12H12NO5PS/c14-13-8-2-1-3-12(13)20-9-10-4-6-11(7-5-10)18-19(15,16)17/h1-8H,9H2,(H2,15,16,17). The van der Waals surface area contributed by atoms with Gasteiger partial charge in [0.2, 0.25) is 0 Å². The number of aromatic nitrogens is 1. The second kappa shape index (κ2) is 6.28. The van der Waals surface area contributed by atoms with Crippen LogP contribution in [0.2, 0.25) is 0 Å². The highest BCUT2D eigenvalue weighted by atomic mass is 32.2. The molecular formula is C12H12NO5PS. The quantitative estimate of drug-likeness (QED) is 0.380. The van der Waals surface area contributed by atoms with E-state index in [1.54, 1.807) is 30.3 Å². The van der Waals surface area contributed by atoms with Crippen molar-refractivity contribution in [1.29, 1.82) is 0 Å². The van der Waals surface area contributed by atoms with Crippen LogP contribution >= 0.6 is 19.6 Å². The molecule has 2 aromatic rings. The number of hydrogen-bond acceptors (Lipinski definition) is 4. The Balaban J connectivity index is 1.98. The molecule has 1 aromatic heterocycles. The van der Waals surface area contributed by atoms with Gasteiger partial charge in [0.05, 0.1) is 0 Å². The zero-order chi connectivity index (χ0) is 14.6. The van der Waals surface area contributed by atoms with Crippen LogP contribution in [0.3, 0.4) is 0 Å². The maximum atomic E-state index is 11.4. The van der Waals surface area contributed by atoms with E-state index < -0.39 is 7.82 Å². The molecule has 0 unspecified atom stereocenters. The Morgan fingerprint density at radius 2 is 1.90 bits per heavy atom. The molecule has 6 nitrogen and oxygen atoms in total. The minimum atomic E-state index is -4.52. The number of hydrogen-bond donors (Lipinski definition) is 2. The highest BCUT2D eigenvalue weighted by Crippen LogP contribution is 2.37. The van der Waals surface area contributed by atoms with Crippen molar-refractivity contribution in [1.82, 2.24) is 0 Å². The third-order valence-electron chi connectivity index (χ3n) is 2.32. The lowest BCUT2D eigenvalue weighted by Gasteiger charge is -2.07. The van der Waals surface area contributed by atoms with Crippen LogP contribution in [0.4, 0.5) is 0 Å². The van der Waals surface area contributed by atoms with E-state index in [0.717, 1.165) is 10.3 Å². The molecule has 0 fully saturated rings. The van der Waals surface area contributed by atoms with Crippen molar-refractivity contribution in [2.24, 2.45) is 0 Å². The zero-order valence-electron chi connectivity index (χ0n) is 10.2. The maximum Gasteiger partial charge on any atom is 0.524 e. The summed E-state index contributed by atoms with van der Waals surface area (Å²) in [6, 6.07) is 11.5. The van der Waals surface area contributed by atoms with Gasteiger partial charge in [0.15, 0.2) is 6.20 Å². The first-order chi connectivity index (χ1) is 9.44. The van der Waals surface area contributed by atoms with Crippen molar-refractivity contribution in [3.63, 3.8) is 0 Å². The van der Waals surface area contributed by atoms with E-state index in [0.29, 0.717) is 10.8 Å². The average Bonchev–Trinajstić information content (AvgIpc) is 2.38. The van der Waals surface area contributed by atoms with Crippen LogP contribution in [0, 0.1) is 5.21 Å². The summed E-state index contributed by atoms with van der Waals surface area (Å²) in [6.45, 7) is 0. The Bertz CT molecular complexity index is 628. The first-order valence-corrected chi connectivity index (χ1v) is 8.11. The summed E-state index contributed by atoms with van der Waals surface area (Å²) in [4.78, 5) is 17.3. The second-order valence-corrected chi connectivity index (χ2v) is 6.04. The van der Waals surface area contributed by atoms with Crippen LogP contribution in [-0.4, -0.2) is 9.79 Å². The monoisotopic (exact) mass is 313 g/mol. The molecule has 0 atom stereocenters. The lowest BCUT2D eigenvalue weighted by Crippen LogP contribution is -2.27. The predicted octanol–water partition coefficient (Wildman–Crippen LogP) is 2.08. The summed E-state index contributed by atoms with van der Waals surface area (Å²) < 4.78 is 15.9. The van der Waals surface area contributed by atoms with E-state index in [4.69, 9.17) is 9.79 Å². The molecule has 0 saturated carbocycles. The Labute approximate surface area is 119 Å². The van der Waals surface area contributed by atoms with Gasteiger partial charge >= 0.3 is 7.82 Å². The van der Waals surface area contributed by atoms with Gasteiger partial charge in [-0.2, -0.15) is 4.73 Å². The molecule has 0 radical (unpaired) electrons. The van der Waals surface area contributed by atoms with Crippen molar-refractivity contribution in [3.8, 4) is 5.75 Å². The third kappa shape index (κ3) is 4.54. The van der Waals surface area contributed by atoms with Gasteiger partial charge in [0, 0.05) is 17.9 Å². The van der Waals surface area contributed by atoms with Crippen LogP contribution < -0.4 is 9.25 Å². The second-order valence-electron chi connectivity index (χ2n) is 3.88. The highest BCUT2D eigenvalue weighted by molar-refractivity contribution is 7.98. The van der Waals surface area contributed by atoms with E-state index in [-0.39, 0.29) is 5.75 Å². The van der Waals surface area contributed by atoms with Crippen molar-refractivity contribution >= 4 is 19.6 Å². The van der Waals surface area contributed by atoms with Crippen molar-refractivity contribution in [2.45, 2.75) is 10.8 Å². The Hall–Kier alpha value is -1.53. The van der Waals surface area contributed by atoms with Crippen LogP contribution in [0.1, 0.15) is 5.56 Å². The average molecular weight is 313 g/mol. The minimum absolute atomic E-state index is 0.102. The van der Waals surface area contributed by atoms with Gasteiger partial charge in [0.1, 0.15) is 5.75 Å². The molecule has 0 aliphatic carbocycles. The third-order valence-corrected chi connectivity index (χ3v) is 3.86. The smallest absolute Gasteiger partial charge is 0.524 e. The van der Waals surface area contributed by atoms with Crippen LogP contribution in [-0.2, 0) is 10.3 Å². The summed E-state index contributed by atoms with van der Waals surface area (Å²) in [7, 11) is -4.52.